The molecule has 0 aliphatic heterocycles. The lowest BCUT2D eigenvalue weighted by atomic mass is 10.0. The van der Waals surface area contributed by atoms with Gasteiger partial charge in [0.05, 0.1) is 30.4 Å². The minimum absolute atomic E-state index is 0.0188. The van der Waals surface area contributed by atoms with E-state index in [0.29, 0.717) is 5.75 Å². The quantitative estimate of drug-likeness (QED) is 0.0131. The first kappa shape index (κ1) is 63.5. The smallest absolute Gasteiger partial charge is 0.344 e. The van der Waals surface area contributed by atoms with Crippen LogP contribution in [0, 0.1) is 0 Å². The molecule has 360 valence electrons. The van der Waals surface area contributed by atoms with Crippen molar-refractivity contribution in [1.29, 1.82) is 0 Å². The Morgan fingerprint density at radius 2 is 1.00 bits per heavy atom. The minimum atomic E-state index is -0.260. The van der Waals surface area contributed by atoms with Crippen molar-refractivity contribution in [2.45, 2.75) is 233 Å². The SMILES string of the molecule is CC.CC.CCCCC/C=C\C/C=C\CCCCCCCCC(CCCCCCCC/C=C\C/C=C\CCCCC)OC(=O)COc1ccc(SNC=[N+](C)CCC)cc1.CO. The van der Waals surface area contributed by atoms with Crippen LogP contribution in [0.1, 0.15) is 222 Å². The average molecular weight is 886 g/mol. The van der Waals surface area contributed by atoms with E-state index in [1.54, 1.807) is 11.9 Å². The van der Waals surface area contributed by atoms with Gasteiger partial charge < -0.3 is 14.6 Å². The van der Waals surface area contributed by atoms with Crippen molar-refractivity contribution in [2.75, 3.05) is 27.3 Å². The summed E-state index contributed by atoms with van der Waals surface area (Å²) in [6, 6.07) is 7.84. The molecule has 2 N–H and O–H groups in total. The van der Waals surface area contributed by atoms with Crippen LogP contribution < -0.4 is 9.46 Å². The number of unbranched alkanes of at least 4 members (excludes halogenated alkanes) is 18. The van der Waals surface area contributed by atoms with Gasteiger partial charge in [-0.2, -0.15) is 0 Å². The van der Waals surface area contributed by atoms with Crippen molar-refractivity contribution in [1.82, 2.24) is 4.72 Å². The molecule has 0 heterocycles. The van der Waals surface area contributed by atoms with Gasteiger partial charge >= 0.3 is 5.97 Å². The number of nitrogens with one attached hydrogen (secondary N) is 1. The minimum Gasteiger partial charge on any atom is -0.482 e. The van der Waals surface area contributed by atoms with Gasteiger partial charge in [-0.05, 0) is 121 Å². The predicted molar refractivity (Wildman–Crippen MR) is 277 cm³/mol. The van der Waals surface area contributed by atoms with E-state index in [1.165, 1.54) is 128 Å². The van der Waals surface area contributed by atoms with Gasteiger partial charge in [0, 0.05) is 7.11 Å². The van der Waals surface area contributed by atoms with Gasteiger partial charge in [0.1, 0.15) is 11.9 Å². The fourth-order valence-electron chi connectivity index (χ4n) is 6.55. The normalized spacial score (nSPS) is 11.4. The Bertz CT molecular complexity index is 1130. The van der Waals surface area contributed by atoms with E-state index in [-0.39, 0.29) is 18.7 Å². The number of rotatable bonds is 39. The monoisotopic (exact) mass is 886 g/mol. The zero-order valence-electron chi connectivity index (χ0n) is 42.1. The van der Waals surface area contributed by atoms with Crippen molar-refractivity contribution >= 4 is 24.3 Å². The number of nitrogens with zero attached hydrogens (tertiary/aromatic N) is 1. The third kappa shape index (κ3) is 48.3. The summed E-state index contributed by atoms with van der Waals surface area (Å²) < 4.78 is 17.3. The maximum Gasteiger partial charge on any atom is 0.344 e. The maximum atomic E-state index is 12.9. The lowest BCUT2D eigenvalue weighted by molar-refractivity contribution is -0.493. The summed E-state index contributed by atoms with van der Waals surface area (Å²) in [5.41, 5.74) is 0. The van der Waals surface area contributed by atoms with Crippen molar-refractivity contribution in [3.05, 3.63) is 72.9 Å². The molecule has 1 rings (SSSR count). The first-order chi connectivity index (χ1) is 30.6. The summed E-state index contributed by atoms with van der Waals surface area (Å²) in [4.78, 5) is 14.0. The van der Waals surface area contributed by atoms with E-state index in [4.69, 9.17) is 14.6 Å². The number of hydrogen-bond acceptors (Lipinski definition) is 5. The largest absolute Gasteiger partial charge is 0.482 e. The third-order valence-electron chi connectivity index (χ3n) is 9.96. The molecule has 6 nitrogen and oxygen atoms in total. The van der Waals surface area contributed by atoms with E-state index < -0.39 is 0 Å². The fraction of sp³-hybridized carbons (Fsp3) is 0.709. The van der Waals surface area contributed by atoms with Crippen molar-refractivity contribution < 1.29 is 24.0 Å². The number of benzene rings is 1. The number of carbonyl (C=O) groups is 1. The number of esters is 1. The van der Waals surface area contributed by atoms with Crippen LogP contribution in [0.15, 0.2) is 77.8 Å². The number of hydrogen-bond donors (Lipinski definition) is 2. The summed E-state index contributed by atoms with van der Waals surface area (Å²) >= 11 is 1.55. The highest BCUT2D eigenvalue weighted by Crippen LogP contribution is 2.20. The molecule has 0 saturated carbocycles. The molecule has 1 aromatic rings. The number of ether oxygens (including phenoxy) is 2. The summed E-state index contributed by atoms with van der Waals surface area (Å²) in [7, 11) is 3.06. The standard InChI is InChI=1S/C50H84N2O3S.2C2H6.CH4O/c1-5-8-10-12-14-16-18-20-22-24-26-28-30-32-34-36-38-48(39-37-35-33-31-29-27-25-23-21-19-17-15-13-11-9-6-2)55-50(53)45-54-47-40-42-49(43-41-47)56-51-46-52(4)44-7-3;3*1-2/h14-17,20-23,40-43,46,48H,5-13,18-19,24-39,44-45H2,1-4H3;2*1-2H3;2H,1H3/p+1/b16-14-,17-15-,22-20-,23-21-;;;. The van der Waals surface area contributed by atoms with Crippen LogP contribution in [0.25, 0.3) is 0 Å². The molecule has 0 atom stereocenters. The number of carbonyl (C=O) groups excluding carboxylic acids is 1. The third-order valence-corrected chi connectivity index (χ3v) is 10.7. The summed E-state index contributed by atoms with van der Waals surface area (Å²) in [5, 5.41) is 7.00. The molecule has 62 heavy (non-hydrogen) atoms. The summed E-state index contributed by atoms with van der Waals surface area (Å²) in [6.07, 6.45) is 53.4. The van der Waals surface area contributed by atoms with Gasteiger partial charge in [0.15, 0.2) is 6.61 Å². The van der Waals surface area contributed by atoms with Crippen molar-refractivity contribution in [3.63, 3.8) is 0 Å². The first-order valence-corrected chi connectivity index (χ1v) is 26.3. The first-order valence-electron chi connectivity index (χ1n) is 25.5. The molecule has 1 aromatic carbocycles. The van der Waals surface area contributed by atoms with Crippen LogP contribution in [0.2, 0.25) is 0 Å². The number of aliphatic hydroxyl groups excluding tert-OH is 1. The maximum absolute atomic E-state index is 12.9. The zero-order valence-corrected chi connectivity index (χ0v) is 42.9. The Kier molecular flexibility index (Phi) is 57.6. The Labute approximate surface area is 390 Å². The number of allylic oxidation sites excluding steroid dienone is 8. The molecular formula is C55H101N2O4S+. The number of aliphatic hydroxyl groups is 1. The molecule has 0 bridgehead atoms. The molecule has 0 saturated heterocycles. The van der Waals surface area contributed by atoms with Gasteiger partial charge in [-0.3, -0.25) is 4.58 Å². The van der Waals surface area contributed by atoms with E-state index >= 15 is 0 Å². The molecule has 0 spiro atoms. The van der Waals surface area contributed by atoms with Gasteiger partial charge in [-0.25, -0.2) is 9.52 Å². The van der Waals surface area contributed by atoms with Crippen LogP contribution in [-0.4, -0.2) is 55.4 Å². The van der Waals surface area contributed by atoms with E-state index in [1.807, 2.05) is 58.3 Å². The van der Waals surface area contributed by atoms with E-state index in [2.05, 4.69) is 85.7 Å². The molecule has 0 aromatic heterocycles. The zero-order chi connectivity index (χ0) is 46.4. The highest BCUT2D eigenvalue weighted by atomic mass is 32.2. The molecule has 0 fully saturated rings. The molecule has 0 radical (unpaired) electrons. The van der Waals surface area contributed by atoms with Crippen molar-refractivity contribution in [3.8, 4) is 5.75 Å². The Hall–Kier alpha value is -2.77. The van der Waals surface area contributed by atoms with Gasteiger partial charge in [0.25, 0.3) is 0 Å². The van der Waals surface area contributed by atoms with Crippen molar-refractivity contribution in [2.24, 2.45) is 0 Å². The fourth-order valence-corrected chi connectivity index (χ4v) is 7.19. The molecule has 0 aliphatic carbocycles. The summed E-state index contributed by atoms with van der Waals surface area (Å²) in [5.74, 6) is 0.425. The van der Waals surface area contributed by atoms with Gasteiger partial charge in [-0.15, -0.1) is 0 Å². The van der Waals surface area contributed by atoms with Crippen LogP contribution in [-0.2, 0) is 9.53 Å². The Morgan fingerprint density at radius 1 is 0.597 bits per heavy atom. The lowest BCUT2D eigenvalue weighted by Crippen LogP contribution is -2.23. The average Bonchev–Trinajstić information content (AvgIpc) is 3.30. The highest BCUT2D eigenvalue weighted by molar-refractivity contribution is 7.97. The molecule has 7 heteroatoms. The highest BCUT2D eigenvalue weighted by Gasteiger charge is 2.15. The van der Waals surface area contributed by atoms with Crippen LogP contribution in [0.3, 0.4) is 0 Å². The summed E-state index contributed by atoms with van der Waals surface area (Å²) in [6.45, 7) is 15.7. The predicted octanol–water partition coefficient (Wildman–Crippen LogP) is 16.7. The second kappa shape index (κ2) is 56.2. The van der Waals surface area contributed by atoms with Crippen LogP contribution in [0.5, 0.6) is 5.75 Å². The van der Waals surface area contributed by atoms with E-state index in [0.717, 1.165) is 63.5 Å². The van der Waals surface area contributed by atoms with E-state index in [9.17, 15) is 4.79 Å². The topological polar surface area (TPSA) is 70.8 Å². The molecule has 0 amide bonds. The Balaban J connectivity index is -0.00000554. The Morgan fingerprint density at radius 3 is 1.42 bits per heavy atom. The molecular weight excluding hydrogens is 785 g/mol. The van der Waals surface area contributed by atoms with Crippen LogP contribution >= 0.6 is 11.9 Å². The lowest BCUT2D eigenvalue weighted by Gasteiger charge is -2.18. The molecule has 0 unspecified atom stereocenters. The van der Waals surface area contributed by atoms with Crippen LogP contribution in [0.4, 0.5) is 0 Å². The van der Waals surface area contributed by atoms with Gasteiger partial charge in [0.2, 0.25) is 6.34 Å². The second-order valence-electron chi connectivity index (χ2n) is 15.4. The van der Waals surface area contributed by atoms with Gasteiger partial charge in [-0.1, -0.05) is 174 Å². The molecule has 0 aliphatic rings. The second-order valence-corrected chi connectivity index (χ2v) is 16.4.